The first-order valence-electron chi connectivity index (χ1n) is 7.88. The molecule has 0 spiro atoms. The summed E-state index contributed by atoms with van der Waals surface area (Å²) in [6, 6.07) is 7.16. The van der Waals surface area contributed by atoms with E-state index in [1.165, 1.54) is 0 Å². The topological polar surface area (TPSA) is 54.2 Å². The van der Waals surface area contributed by atoms with E-state index in [0.29, 0.717) is 18.1 Å². The van der Waals surface area contributed by atoms with Crippen molar-refractivity contribution in [3.63, 3.8) is 0 Å². The predicted molar refractivity (Wildman–Crippen MR) is 106 cm³/mol. The zero-order chi connectivity index (χ0) is 16.7. The molecular weight excluding hydrogens is 420 g/mol. The van der Waals surface area contributed by atoms with Gasteiger partial charge in [-0.3, -0.25) is 9.67 Å². The van der Waals surface area contributed by atoms with E-state index in [1.807, 2.05) is 36.9 Å². The smallest absolute Gasteiger partial charge is 0.191 e. The maximum atomic E-state index is 13.7. The van der Waals surface area contributed by atoms with Crippen LogP contribution in [0.2, 0.25) is 0 Å². The highest BCUT2D eigenvalue weighted by molar-refractivity contribution is 14.0. The molecule has 0 aliphatic carbocycles. The molecule has 2 rings (SSSR count). The molecule has 24 heavy (non-hydrogen) atoms. The highest BCUT2D eigenvalue weighted by Gasteiger charge is 2.09. The third kappa shape index (κ3) is 6.10. The molecule has 1 aromatic heterocycles. The summed E-state index contributed by atoms with van der Waals surface area (Å²) in [6.07, 6.45) is 3.66. The van der Waals surface area contributed by atoms with Crippen LogP contribution < -0.4 is 10.6 Å². The number of aromatic nitrogens is 2. The van der Waals surface area contributed by atoms with E-state index in [9.17, 15) is 4.39 Å². The number of benzene rings is 1. The molecule has 1 atom stereocenters. The second kappa shape index (κ2) is 10.3. The van der Waals surface area contributed by atoms with Crippen molar-refractivity contribution in [2.24, 2.45) is 4.99 Å². The van der Waals surface area contributed by atoms with Crippen LogP contribution in [0.25, 0.3) is 0 Å². The summed E-state index contributed by atoms with van der Waals surface area (Å²) in [7, 11) is 0. The summed E-state index contributed by atoms with van der Waals surface area (Å²) in [5.41, 5.74) is 1.55. The van der Waals surface area contributed by atoms with E-state index in [1.54, 1.807) is 25.3 Å². The van der Waals surface area contributed by atoms with E-state index in [-0.39, 0.29) is 35.8 Å². The average Bonchev–Trinajstić information content (AvgIpc) is 3.03. The molecule has 0 radical (unpaired) electrons. The fourth-order valence-electron chi connectivity index (χ4n) is 2.18. The van der Waals surface area contributed by atoms with E-state index in [0.717, 1.165) is 18.7 Å². The highest BCUT2D eigenvalue weighted by atomic mass is 127. The summed E-state index contributed by atoms with van der Waals surface area (Å²) in [5.74, 6) is 0.532. The van der Waals surface area contributed by atoms with Crippen molar-refractivity contribution in [1.29, 1.82) is 0 Å². The zero-order valence-electron chi connectivity index (χ0n) is 14.3. The van der Waals surface area contributed by atoms with Crippen molar-refractivity contribution in [2.75, 3.05) is 13.1 Å². The molecule has 1 aromatic carbocycles. The number of halogens is 2. The van der Waals surface area contributed by atoms with Gasteiger partial charge in [0.1, 0.15) is 5.82 Å². The Bertz CT molecular complexity index is 642. The summed E-state index contributed by atoms with van der Waals surface area (Å²) in [5, 5.41) is 10.7. The maximum absolute atomic E-state index is 13.7. The zero-order valence-corrected chi connectivity index (χ0v) is 16.6. The fraction of sp³-hybridized carbons (Fsp3) is 0.412. The molecule has 0 bridgehead atoms. The van der Waals surface area contributed by atoms with Crippen molar-refractivity contribution >= 4 is 29.9 Å². The van der Waals surface area contributed by atoms with Crippen molar-refractivity contribution in [2.45, 2.75) is 33.4 Å². The molecule has 0 saturated heterocycles. The Labute approximate surface area is 159 Å². The molecule has 5 nitrogen and oxygen atoms in total. The lowest BCUT2D eigenvalue weighted by molar-refractivity contribution is 0.604. The van der Waals surface area contributed by atoms with Crippen molar-refractivity contribution in [3.8, 4) is 0 Å². The van der Waals surface area contributed by atoms with Gasteiger partial charge in [0.2, 0.25) is 0 Å². The van der Waals surface area contributed by atoms with Crippen LogP contribution >= 0.6 is 24.0 Å². The van der Waals surface area contributed by atoms with Gasteiger partial charge in [0.05, 0.1) is 19.1 Å². The molecule has 2 aromatic rings. The van der Waals surface area contributed by atoms with E-state index in [4.69, 9.17) is 0 Å². The number of hydrogen-bond donors (Lipinski definition) is 2. The molecule has 0 aliphatic heterocycles. The van der Waals surface area contributed by atoms with Crippen molar-refractivity contribution < 1.29 is 4.39 Å². The minimum Gasteiger partial charge on any atom is -0.357 e. The van der Waals surface area contributed by atoms with Crippen LogP contribution in [-0.4, -0.2) is 28.8 Å². The van der Waals surface area contributed by atoms with Gasteiger partial charge in [0, 0.05) is 18.9 Å². The Morgan fingerprint density at radius 2 is 2.21 bits per heavy atom. The van der Waals surface area contributed by atoms with Crippen LogP contribution in [0.15, 0.2) is 41.7 Å². The molecule has 132 valence electrons. The molecule has 0 aliphatic rings. The predicted octanol–water partition coefficient (Wildman–Crippen LogP) is 3.26. The molecular formula is C17H25FIN5. The monoisotopic (exact) mass is 445 g/mol. The van der Waals surface area contributed by atoms with Gasteiger partial charge in [-0.25, -0.2) is 4.39 Å². The van der Waals surface area contributed by atoms with E-state index < -0.39 is 0 Å². The number of aryl methyl sites for hydroxylation is 1. The minimum atomic E-state index is -0.184. The Morgan fingerprint density at radius 1 is 1.42 bits per heavy atom. The highest BCUT2D eigenvalue weighted by Crippen LogP contribution is 2.16. The number of rotatable bonds is 6. The van der Waals surface area contributed by atoms with E-state index in [2.05, 4.69) is 20.7 Å². The standard InChI is InChI=1S/C17H24FN5.HI/c1-4-19-17(20-9-11-23-10-5-8-21-23)22-14(3)15-7-6-13(2)16(18)12-15;/h5-8,10,12,14H,4,9,11H2,1-3H3,(H2,19,20,22);1H. The average molecular weight is 445 g/mol. The second-order valence-electron chi connectivity index (χ2n) is 5.40. The lowest BCUT2D eigenvalue weighted by atomic mass is 10.1. The fourth-order valence-corrected chi connectivity index (χ4v) is 2.18. The van der Waals surface area contributed by atoms with Gasteiger partial charge in [0.15, 0.2) is 5.96 Å². The lowest BCUT2D eigenvalue weighted by Crippen LogP contribution is -2.39. The lowest BCUT2D eigenvalue weighted by Gasteiger charge is -2.18. The third-order valence-electron chi connectivity index (χ3n) is 3.55. The first-order chi connectivity index (χ1) is 11.1. The molecule has 2 N–H and O–H groups in total. The quantitative estimate of drug-likeness (QED) is 0.408. The van der Waals surface area contributed by atoms with Gasteiger partial charge < -0.3 is 10.6 Å². The third-order valence-corrected chi connectivity index (χ3v) is 3.55. The van der Waals surface area contributed by atoms with Gasteiger partial charge >= 0.3 is 0 Å². The summed E-state index contributed by atoms with van der Waals surface area (Å²) in [6.45, 7) is 7.87. The molecule has 7 heteroatoms. The number of nitrogens with zero attached hydrogens (tertiary/aromatic N) is 3. The van der Waals surface area contributed by atoms with Crippen molar-refractivity contribution in [3.05, 3.63) is 53.6 Å². The first-order valence-corrected chi connectivity index (χ1v) is 7.88. The van der Waals surface area contributed by atoms with Crippen LogP contribution in [0, 0.1) is 12.7 Å². The van der Waals surface area contributed by atoms with Gasteiger partial charge in [0.25, 0.3) is 0 Å². The second-order valence-corrected chi connectivity index (χ2v) is 5.40. The minimum absolute atomic E-state index is 0. The molecule has 0 saturated carbocycles. The van der Waals surface area contributed by atoms with E-state index >= 15 is 0 Å². The summed E-state index contributed by atoms with van der Waals surface area (Å²) < 4.78 is 15.5. The Kier molecular flexibility index (Phi) is 8.73. The Hall–Kier alpha value is -1.64. The molecule has 0 amide bonds. The SMILES string of the molecule is CCNC(=NCCn1cccn1)NC(C)c1ccc(C)c(F)c1.I. The maximum Gasteiger partial charge on any atom is 0.191 e. The van der Waals surface area contributed by atoms with Gasteiger partial charge in [-0.05, 0) is 44.0 Å². The van der Waals surface area contributed by atoms with Gasteiger partial charge in [-0.2, -0.15) is 5.10 Å². The van der Waals surface area contributed by atoms with Crippen LogP contribution in [-0.2, 0) is 6.54 Å². The largest absolute Gasteiger partial charge is 0.357 e. The summed E-state index contributed by atoms with van der Waals surface area (Å²) in [4.78, 5) is 4.53. The Morgan fingerprint density at radius 3 is 2.83 bits per heavy atom. The van der Waals surface area contributed by atoms with Crippen LogP contribution in [0.1, 0.15) is 31.0 Å². The van der Waals surface area contributed by atoms with Crippen LogP contribution in [0.3, 0.4) is 0 Å². The number of nitrogens with one attached hydrogen (secondary N) is 2. The van der Waals surface area contributed by atoms with Gasteiger partial charge in [-0.15, -0.1) is 24.0 Å². The molecule has 1 unspecified atom stereocenters. The van der Waals surface area contributed by atoms with Crippen LogP contribution in [0.5, 0.6) is 0 Å². The molecule has 1 heterocycles. The summed E-state index contributed by atoms with van der Waals surface area (Å²) >= 11 is 0. The Balaban J connectivity index is 0.00000288. The number of guanidine groups is 1. The van der Waals surface area contributed by atoms with Gasteiger partial charge in [-0.1, -0.05) is 12.1 Å². The normalized spacial score (nSPS) is 12.4. The number of aliphatic imine (C=N–C) groups is 1. The molecule has 0 fully saturated rings. The van der Waals surface area contributed by atoms with Crippen LogP contribution in [0.4, 0.5) is 4.39 Å². The number of hydrogen-bond acceptors (Lipinski definition) is 2. The first kappa shape index (κ1) is 20.4. The van der Waals surface area contributed by atoms with Crippen molar-refractivity contribution in [1.82, 2.24) is 20.4 Å².